The van der Waals surface area contributed by atoms with Crippen molar-refractivity contribution in [2.75, 3.05) is 26.7 Å². The van der Waals surface area contributed by atoms with E-state index in [0.717, 1.165) is 18.5 Å². The first-order valence-corrected chi connectivity index (χ1v) is 9.60. The van der Waals surface area contributed by atoms with Crippen molar-refractivity contribution >= 4 is 17.8 Å². The molecule has 0 aromatic carbocycles. The van der Waals surface area contributed by atoms with Crippen molar-refractivity contribution < 1.29 is 19.5 Å². The summed E-state index contributed by atoms with van der Waals surface area (Å²) in [6.45, 7) is 6.88. The second kappa shape index (κ2) is 9.01. The van der Waals surface area contributed by atoms with Crippen molar-refractivity contribution in [3.8, 4) is 0 Å². The molecule has 1 aliphatic heterocycles. The fourth-order valence-electron chi connectivity index (χ4n) is 3.59. The number of hydrogen-bond donors (Lipinski definition) is 1. The first-order valence-electron chi connectivity index (χ1n) is 9.60. The number of carboxylic acids is 1. The number of piperidine rings is 1. The fraction of sp³-hybridized carbons (Fsp3) is 0.684. The number of carbonyl (C=O) groups is 3. The minimum atomic E-state index is -0.806. The Morgan fingerprint density at radius 3 is 2.37 bits per heavy atom. The molecule has 1 saturated heterocycles. The van der Waals surface area contributed by atoms with Crippen LogP contribution in [-0.4, -0.2) is 69.2 Å². The molecule has 0 radical (unpaired) electrons. The maximum Gasteiger partial charge on any atom is 0.306 e. The third kappa shape index (κ3) is 4.67. The van der Waals surface area contributed by atoms with Crippen LogP contribution in [0.4, 0.5) is 0 Å². The maximum absolute atomic E-state index is 12.8. The maximum atomic E-state index is 12.8. The largest absolute Gasteiger partial charge is 0.481 e. The summed E-state index contributed by atoms with van der Waals surface area (Å²) in [6, 6.07) is 0.258. The lowest BCUT2D eigenvalue weighted by molar-refractivity contribution is -0.145. The Morgan fingerprint density at radius 2 is 1.85 bits per heavy atom. The molecule has 27 heavy (non-hydrogen) atoms. The van der Waals surface area contributed by atoms with E-state index in [2.05, 4.69) is 18.9 Å². The zero-order valence-electron chi connectivity index (χ0n) is 16.6. The third-order valence-electron chi connectivity index (χ3n) is 5.48. The number of likely N-dealkylation sites (tertiary alicyclic amines) is 1. The molecule has 0 atom stereocenters. The van der Waals surface area contributed by atoms with Gasteiger partial charge in [-0.3, -0.25) is 19.1 Å². The molecule has 150 valence electrons. The summed E-state index contributed by atoms with van der Waals surface area (Å²) in [4.78, 5) is 39.3. The smallest absolute Gasteiger partial charge is 0.306 e. The Balaban J connectivity index is 1.98. The molecule has 2 rings (SSSR count). The van der Waals surface area contributed by atoms with Crippen molar-refractivity contribution in [2.24, 2.45) is 5.92 Å². The Morgan fingerprint density at radius 1 is 1.26 bits per heavy atom. The highest BCUT2D eigenvalue weighted by Gasteiger charge is 2.28. The standard InChI is InChI=1S/C19H30N4O4/c1-5-15(6-2)23-13(3)16(11-20-23)18(25)21(4)12-17(24)22-9-7-14(8-10-22)19(26)27/h11,14-15H,5-10,12H2,1-4H3,(H,26,27). The van der Waals surface area contributed by atoms with Gasteiger partial charge in [0.05, 0.1) is 30.3 Å². The summed E-state index contributed by atoms with van der Waals surface area (Å²) in [5.74, 6) is -1.57. The summed E-state index contributed by atoms with van der Waals surface area (Å²) >= 11 is 0. The first-order chi connectivity index (χ1) is 12.8. The average Bonchev–Trinajstić information content (AvgIpc) is 3.03. The minimum Gasteiger partial charge on any atom is -0.481 e. The SMILES string of the molecule is CCC(CC)n1ncc(C(=O)N(C)CC(=O)N2CCC(C(=O)O)CC2)c1C. The van der Waals surface area contributed by atoms with E-state index in [0.29, 0.717) is 31.5 Å². The second-order valence-corrected chi connectivity index (χ2v) is 7.21. The van der Waals surface area contributed by atoms with E-state index in [4.69, 9.17) is 5.11 Å². The number of rotatable bonds is 7. The highest BCUT2D eigenvalue weighted by molar-refractivity contribution is 5.97. The summed E-state index contributed by atoms with van der Waals surface area (Å²) in [6.07, 6.45) is 4.37. The number of likely N-dealkylation sites (N-methyl/N-ethyl adjacent to an activating group) is 1. The molecular formula is C19H30N4O4. The van der Waals surface area contributed by atoms with Gasteiger partial charge < -0.3 is 14.9 Å². The van der Waals surface area contributed by atoms with E-state index < -0.39 is 5.97 Å². The van der Waals surface area contributed by atoms with Gasteiger partial charge in [-0.1, -0.05) is 13.8 Å². The van der Waals surface area contributed by atoms with Crippen molar-refractivity contribution in [3.63, 3.8) is 0 Å². The minimum absolute atomic E-state index is 0.0217. The molecule has 2 amide bonds. The Bertz CT molecular complexity index is 688. The second-order valence-electron chi connectivity index (χ2n) is 7.21. The highest BCUT2D eigenvalue weighted by Crippen LogP contribution is 2.21. The molecule has 0 unspecified atom stereocenters. The van der Waals surface area contributed by atoms with Gasteiger partial charge in [0.2, 0.25) is 5.91 Å². The molecule has 1 fully saturated rings. The van der Waals surface area contributed by atoms with Crippen LogP contribution in [0.2, 0.25) is 0 Å². The summed E-state index contributed by atoms with van der Waals surface area (Å²) in [5.41, 5.74) is 1.33. The number of aliphatic carboxylic acids is 1. The van der Waals surface area contributed by atoms with E-state index in [1.807, 2.05) is 11.6 Å². The molecule has 2 heterocycles. The van der Waals surface area contributed by atoms with E-state index in [-0.39, 0.29) is 30.3 Å². The van der Waals surface area contributed by atoms with E-state index in [1.165, 1.54) is 4.90 Å². The third-order valence-corrected chi connectivity index (χ3v) is 5.48. The van der Waals surface area contributed by atoms with Gasteiger partial charge >= 0.3 is 5.97 Å². The van der Waals surface area contributed by atoms with Crippen molar-refractivity contribution in [3.05, 3.63) is 17.5 Å². The van der Waals surface area contributed by atoms with Gasteiger partial charge in [-0.15, -0.1) is 0 Å². The van der Waals surface area contributed by atoms with Gasteiger partial charge in [0.15, 0.2) is 0 Å². The van der Waals surface area contributed by atoms with Gasteiger partial charge in [-0.25, -0.2) is 0 Å². The van der Waals surface area contributed by atoms with Crippen molar-refractivity contribution in [1.29, 1.82) is 0 Å². The Hall–Kier alpha value is -2.38. The average molecular weight is 378 g/mol. The van der Waals surface area contributed by atoms with Gasteiger partial charge in [0.25, 0.3) is 5.91 Å². The molecule has 1 aromatic rings. The van der Waals surface area contributed by atoms with Crippen molar-refractivity contribution in [1.82, 2.24) is 19.6 Å². The number of hydrogen-bond acceptors (Lipinski definition) is 4. The lowest BCUT2D eigenvalue weighted by atomic mass is 9.97. The highest BCUT2D eigenvalue weighted by atomic mass is 16.4. The molecule has 8 nitrogen and oxygen atoms in total. The predicted molar refractivity (Wildman–Crippen MR) is 100 cm³/mol. The number of amides is 2. The lowest BCUT2D eigenvalue weighted by Gasteiger charge is -2.31. The summed E-state index contributed by atoms with van der Waals surface area (Å²) < 4.78 is 1.89. The van der Waals surface area contributed by atoms with Crippen LogP contribution in [0.3, 0.4) is 0 Å². The van der Waals surface area contributed by atoms with Crippen molar-refractivity contribution in [2.45, 2.75) is 52.5 Å². The van der Waals surface area contributed by atoms with Crippen LogP contribution >= 0.6 is 0 Å². The van der Waals surface area contributed by atoms with Crippen LogP contribution in [0.5, 0.6) is 0 Å². The molecule has 1 aromatic heterocycles. The Labute approximate surface area is 160 Å². The molecule has 8 heteroatoms. The van der Waals surface area contributed by atoms with Crippen LogP contribution < -0.4 is 0 Å². The predicted octanol–water partition coefficient (Wildman–Crippen LogP) is 1.95. The summed E-state index contributed by atoms with van der Waals surface area (Å²) in [5, 5.41) is 13.4. The summed E-state index contributed by atoms with van der Waals surface area (Å²) in [7, 11) is 1.61. The zero-order valence-corrected chi connectivity index (χ0v) is 16.6. The number of carboxylic acid groups (broad SMARTS) is 1. The molecule has 0 saturated carbocycles. The van der Waals surface area contributed by atoms with Crippen LogP contribution in [-0.2, 0) is 9.59 Å². The molecule has 0 spiro atoms. The quantitative estimate of drug-likeness (QED) is 0.782. The monoisotopic (exact) mass is 378 g/mol. The normalized spacial score (nSPS) is 15.2. The van der Waals surface area contributed by atoms with E-state index >= 15 is 0 Å². The number of nitrogens with zero attached hydrogens (tertiary/aromatic N) is 4. The van der Waals surface area contributed by atoms with E-state index in [1.54, 1.807) is 18.1 Å². The van der Waals surface area contributed by atoms with Crippen LogP contribution in [0, 0.1) is 12.8 Å². The van der Waals surface area contributed by atoms with Gasteiger partial charge in [-0.05, 0) is 32.6 Å². The van der Waals surface area contributed by atoms with Crippen LogP contribution in [0.25, 0.3) is 0 Å². The number of aromatic nitrogens is 2. The topological polar surface area (TPSA) is 95.7 Å². The first kappa shape index (κ1) is 20.9. The molecule has 0 aliphatic carbocycles. The molecule has 0 bridgehead atoms. The molecular weight excluding hydrogens is 348 g/mol. The molecule has 1 aliphatic rings. The lowest BCUT2D eigenvalue weighted by Crippen LogP contribution is -2.45. The van der Waals surface area contributed by atoms with Crippen LogP contribution in [0.1, 0.15) is 61.6 Å². The fourth-order valence-corrected chi connectivity index (χ4v) is 3.59. The Kier molecular flexibility index (Phi) is 6.98. The van der Waals surface area contributed by atoms with Gasteiger partial charge in [0.1, 0.15) is 0 Å². The van der Waals surface area contributed by atoms with Crippen LogP contribution in [0.15, 0.2) is 6.20 Å². The molecule has 1 N–H and O–H groups in total. The van der Waals surface area contributed by atoms with Gasteiger partial charge in [-0.2, -0.15) is 5.10 Å². The van der Waals surface area contributed by atoms with Gasteiger partial charge in [0, 0.05) is 25.8 Å². The van der Waals surface area contributed by atoms with E-state index in [9.17, 15) is 14.4 Å². The number of carbonyl (C=O) groups excluding carboxylic acids is 2. The zero-order chi connectivity index (χ0) is 20.1.